The molecule has 0 aromatic rings. The van der Waals surface area contributed by atoms with E-state index in [0.717, 1.165) is 13.1 Å². The molecule has 0 spiro atoms. The smallest absolute Gasteiger partial charge is 0.0352 e. The van der Waals surface area contributed by atoms with Gasteiger partial charge in [0.15, 0.2) is 0 Å². The minimum absolute atomic E-state index is 0.283. The lowest BCUT2D eigenvalue weighted by atomic mass is 9.57. The highest BCUT2D eigenvalue weighted by atomic mass is 16.3. The van der Waals surface area contributed by atoms with Gasteiger partial charge in [-0.25, -0.2) is 0 Å². The van der Waals surface area contributed by atoms with E-state index in [1.54, 1.807) is 0 Å². The Hall–Kier alpha value is -1.00. The van der Waals surface area contributed by atoms with Crippen LogP contribution in [-0.2, 0) is 0 Å². The van der Waals surface area contributed by atoms with Gasteiger partial charge in [0.05, 0.1) is 0 Å². The van der Waals surface area contributed by atoms with Crippen LogP contribution in [0.25, 0.3) is 0 Å². The molecule has 0 aromatic heterocycles. The van der Waals surface area contributed by atoms with Gasteiger partial charge in [0.2, 0.25) is 0 Å². The third-order valence-corrected chi connectivity index (χ3v) is 10.4. The fraction of sp³-hybridized carbons (Fsp3) is 0.867. The number of unbranched alkanes of at least 4 members (excludes halogenated alkanes) is 2. The molecule has 0 amide bonds. The third kappa shape index (κ3) is 3.86. The van der Waals surface area contributed by atoms with Crippen molar-refractivity contribution in [2.75, 3.05) is 13.1 Å². The van der Waals surface area contributed by atoms with Crippen molar-refractivity contribution >= 4 is 0 Å². The number of hydrogen-bond donors (Lipinski definition) is 0. The highest BCUT2D eigenvalue weighted by molar-refractivity contribution is 5.38. The molecule has 3 aliphatic carbocycles. The van der Waals surface area contributed by atoms with Gasteiger partial charge in [-0.05, 0) is 75.4 Å². The number of nitrogens with zero attached hydrogens (tertiary/aromatic N) is 2. The van der Waals surface area contributed by atoms with E-state index in [0.29, 0.717) is 23.9 Å². The molecule has 5 rings (SSSR count). The molecule has 4 unspecified atom stereocenters. The highest BCUT2D eigenvalue weighted by Crippen LogP contribution is 2.56. The summed E-state index contributed by atoms with van der Waals surface area (Å²) in [5, 5.41) is 28.0. The maximum atomic E-state index is 14.0. The van der Waals surface area contributed by atoms with Crippen molar-refractivity contribution in [1.82, 2.24) is 9.80 Å². The van der Waals surface area contributed by atoms with Gasteiger partial charge in [0.25, 0.3) is 0 Å². The molecule has 2 aliphatic heterocycles. The summed E-state index contributed by atoms with van der Waals surface area (Å²) in [7, 11) is 0. The first-order valence-corrected chi connectivity index (χ1v) is 14.8. The van der Waals surface area contributed by atoms with Crippen LogP contribution in [-0.4, -0.2) is 47.2 Å². The van der Waals surface area contributed by atoms with Gasteiger partial charge in [-0.1, -0.05) is 52.4 Å². The molecular formula is C30H48N2O2-2. The fourth-order valence-corrected chi connectivity index (χ4v) is 8.74. The molecule has 0 bridgehead atoms. The lowest BCUT2D eigenvalue weighted by Gasteiger charge is -2.64. The Morgan fingerprint density at radius 2 is 1.03 bits per heavy atom. The van der Waals surface area contributed by atoms with Crippen LogP contribution < -0.4 is 10.2 Å². The summed E-state index contributed by atoms with van der Waals surface area (Å²) in [6, 6.07) is 1.10. The summed E-state index contributed by atoms with van der Waals surface area (Å²) in [6.45, 7) is 11.2. The molecule has 192 valence electrons. The Balaban J connectivity index is 1.41. The zero-order valence-electron chi connectivity index (χ0n) is 22.2. The van der Waals surface area contributed by atoms with E-state index >= 15 is 0 Å². The summed E-state index contributed by atoms with van der Waals surface area (Å²) in [4.78, 5) is 5.22. The minimum Gasteiger partial charge on any atom is -0.851 e. The maximum Gasteiger partial charge on any atom is 0.0352 e. The second kappa shape index (κ2) is 10.2. The van der Waals surface area contributed by atoms with Crippen molar-refractivity contribution in [3.05, 3.63) is 22.5 Å². The van der Waals surface area contributed by atoms with Crippen molar-refractivity contribution < 1.29 is 10.2 Å². The monoisotopic (exact) mass is 468 g/mol. The van der Waals surface area contributed by atoms with Crippen molar-refractivity contribution in [1.29, 1.82) is 0 Å². The molecule has 2 heterocycles. The Bertz CT molecular complexity index is 730. The van der Waals surface area contributed by atoms with E-state index in [2.05, 4.69) is 37.5 Å². The van der Waals surface area contributed by atoms with Crippen molar-refractivity contribution in [2.24, 2.45) is 23.7 Å². The van der Waals surface area contributed by atoms with Gasteiger partial charge < -0.3 is 20.0 Å². The summed E-state index contributed by atoms with van der Waals surface area (Å²) in [6.07, 6.45) is 13.2. The standard InChI is InChI=1S/C30H48N2O2/c1-5-7-17-31-19(3)25(21-13-9-11-15-23(21)31)27-29(33)28(30(27)34)26-20(4)32(18-8-6-2)24-16-12-10-14-22(24)26/h21-24,27-30H,5-18H2,1-4H3/q-2. The summed E-state index contributed by atoms with van der Waals surface area (Å²) < 4.78 is 0. The average molecular weight is 469 g/mol. The van der Waals surface area contributed by atoms with Gasteiger partial charge in [-0.3, -0.25) is 0 Å². The molecule has 5 aliphatic rings. The summed E-state index contributed by atoms with van der Waals surface area (Å²) in [5.41, 5.74) is 5.23. The van der Waals surface area contributed by atoms with Crippen LogP contribution in [0.4, 0.5) is 0 Å². The molecular weight excluding hydrogens is 420 g/mol. The first-order chi connectivity index (χ1) is 16.5. The van der Waals surface area contributed by atoms with Crippen LogP contribution in [0.3, 0.4) is 0 Å². The topological polar surface area (TPSA) is 52.6 Å². The first kappa shape index (κ1) is 24.7. The van der Waals surface area contributed by atoms with Crippen molar-refractivity contribution in [2.45, 2.75) is 129 Å². The van der Waals surface area contributed by atoms with Gasteiger partial charge in [-0.2, -0.15) is 0 Å². The Labute approximate surface area is 208 Å². The Kier molecular flexibility index (Phi) is 7.38. The number of fused-ring (bicyclic) bond motifs is 2. The lowest BCUT2D eigenvalue weighted by molar-refractivity contribution is -0.553. The molecule has 0 aromatic carbocycles. The van der Waals surface area contributed by atoms with E-state index in [1.165, 1.54) is 99.6 Å². The SMILES string of the molecule is CCCCN1C(C)=C(C2C([O-])C(C3=C(C)N(CCCC)C4CCCCC34)C2[O-])C2CCCCC21. The number of rotatable bonds is 8. The van der Waals surface area contributed by atoms with Crippen LogP contribution in [0.5, 0.6) is 0 Å². The number of allylic oxidation sites excluding steroid dienone is 2. The molecule has 4 heteroatoms. The van der Waals surface area contributed by atoms with E-state index in [9.17, 15) is 10.2 Å². The summed E-state index contributed by atoms with van der Waals surface area (Å²) in [5.74, 6) is 0.363. The lowest BCUT2D eigenvalue weighted by Crippen LogP contribution is -2.69. The average Bonchev–Trinajstić information content (AvgIpc) is 3.27. The van der Waals surface area contributed by atoms with E-state index in [4.69, 9.17) is 0 Å². The molecule has 0 saturated heterocycles. The largest absolute Gasteiger partial charge is 0.851 e. The molecule has 34 heavy (non-hydrogen) atoms. The minimum atomic E-state index is -0.736. The zero-order valence-corrected chi connectivity index (χ0v) is 22.2. The van der Waals surface area contributed by atoms with Gasteiger partial charge in [0.1, 0.15) is 0 Å². The van der Waals surface area contributed by atoms with E-state index < -0.39 is 12.2 Å². The quantitative estimate of drug-likeness (QED) is 0.523. The highest BCUT2D eigenvalue weighted by Gasteiger charge is 2.52. The van der Waals surface area contributed by atoms with Gasteiger partial charge >= 0.3 is 0 Å². The second-order valence-corrected chi connectivity index (χ2v) is 12.1. The van der Waals surface area contributed by atoms with Gasteiger partial charge in [0, 0.05) is 48.4 Å². The van der Waals surface area contributed by atoms with Crippen LogP contribution in [0.2, 0.25) is 0 Å². The zero-order chi connectivity index (χ0) is 24.0. The predicted molar refractivity (Wildman–Crippen MR) is 135 cm³/mol. The Morgan fingerprint density at radius 1 is 0.647 bits per heavy atom. The van der Waals surface area contributed by atoms with E-state index in [1.807, 2.05) is 0 Å². The normalized spacial score (nSPS) is 40.1. The van der Waals surface area contributed by atoms with Crippen LogP contribution in [0.1, 0.15) is 105 Å². The first-order valence-electron chi connectivity index (χ1n) is 14.8. The third-order valence-electron chi connectivity index (χ3n) is 10.4. The molecule has 4 atom stereocenters. The van der Waals surface area contributed by atoms with Crippen molar-refractivity contribution in [3.8, 4) is 0 Å². The molecule has 4 nitrogen and oxygen atoms in total. The van der Waals surface area contributed by atoms with Crippen LogP contribution in [0.15, 0.2) is 22.5 Å². The molecule has 0 radical (unpaired) electrons. The van der Waals surface area contributed by atoms with Crippen molar-refractivity contribution in [3.63, 3.8) is 0 Å². The van der Waals surface area contributed by atoms with Crippen LogP contribution >= 0.6 is 0 Å². The summed E-state index contributed by atoms with van der Waals surface area (Å²) >= 11 is 0. The fourth-order valence-electron chi connectivity index (χ4n) is 8.74. The van der Waals surface area contributed by atoms with E-state index in [-0.39, 0.29) is 11.8 Å². The van der Waals surface area contributed by atoms with Gasteiger partial charge in [-0.15, -0.1) is 12.2 Å². The maximum absolute atomic E-state index is 14.0. The second-order valence-electron chi connectivity index (χ2n) is 12.1. The number of hydrogen-bond acceptors (Lipinski definition) is 4. The predicted octanol–water partition coefficient (Wildman–Crippen LogP) is 4.59. The van der Waals surface area contributed by atoms with Crippen LogP contribution in [0, 0.1) is 23.7 Å². The Morgan fingerprint density at radius 3 is 1.41 bits per heavy atom. The molecule has 3 fully saturated rings. The molecule has 0 N–H and O–H groups in total. The molecule has 3 saturated carbocycles.